The van der Waals surface area contributed by atoms with Gasteiger partial charge in [-0.3, -0.25) is 14.1 Å². The fraction of sp³-hybridized carbons (Fsp3) is 0.875. The highest BCUT2D eigenvalue weighted by Gasteiger charge is 2.50. The SMILES string of the molecule is CCCCCCCC/C=C\CCCCCCCC(=O)OC(CO)COP(=O)(O)OC(O)(C[N+](C)(C)C)C(=O)C(N)CCCCN. The van der Waals surface area contributed by atoms with Crippen LogP contribution in [0.25, 0.3) is 0 Å². The van der Waals surface area contributed by atoms with E-state index in [0.717, 1.165) is 38.5 Å². The Labute approximate surface area is 272 Å². The van der Waals surface area contributed by atoms with Gasteiger partial charge in [0.15, 0.2) is 0 Å². The van der Waals surface area contributed by atoms with Crippen molar-refractivity contribution in [2.75, 3.05) is 47.4 Å². The molecule has 266 valence electrons. The van der Waals surface area contributed by atoms with Crippen LogP contribution in [0.15, 0.2) is 12.2 Å². The number of carbonyl (C=O) groups is 2. The summed E-state index contributed by atoms with van der Waals surface area (Å²) in [6, 6.07) is -1.16. The van der Waals surface area contributed by atoms with Crippen molar-refractivity contribution in [3.8, 4) is 0 Å². The van der Waals surface area contributed by atoms with Crippen molar-refractivity contribution in [3.05, 3.63) is 12.2 Å². The number of likely N-dealkylation sites (N-methyl/N-ethyl adjacent to an activating group) is 1. The van der Waals surface area contributed by atoms with Crippen LogP contribution in [-0.4, -0.2) is 96.7 Å². The van der Waals surface area contributed by atoms with Crippen molar-refractivity contribution < 1.29 is 47.5 Å². The Kier molecular flexibility index (Phi) is 24.2. The second-order valence-corrected chi connectivity index (χ2v) is 14.4. The number of allylic oxidation sites excluding steroid dienone is 2. The Balaban J connectivity index is 4.51. The minimum Gasteiger partial charge on any atom is -0.457 e. The predicted molar refractivity (Wildman–Crippen MR) is 177 cm³/mol. The maximum Gasteiger partial charge on any atom is 0.475 e. The number of phosphoric ester groups is 1. The zero-order valence-electron chi connectivity index (χ0n) is 28.5. The van der Waals surface area contributed by atoms with Crippen LogP contribution in [0.2, 0.25) is 0 Å². The van der Waals surface area contributed by atoms with Crippen LogP contribution in [0.3, 0.4) is 0 Å². The fourth-order valence-electron chi connectivity index (χ4n) is 4.83. The molecule has 0 aliphatic rings. The molecule has 0 fully saturated rings. The third kappa shape index (κ3) is 23.7. The van der Waals surface area contributed by atoms with Crippen molar-refractivity contribution in [1.82, 2.24) is 0 Å². The summed E-state index contributed by atoms with van der Waals surface area (Å²) in [5.74, 6) is -4.25. The number of nitrogens with zero attached hydrogens (tertiary/aromatic N) is 1. The number of phosphoric acid groups is 1. The van der Waals surface area contributed by atoms with Gasteiger partial charge in [0, 0.05) is 6.42 Å². The summed E-state index contributed by atoms with van der Waals surface area (Å²) < 4.78 is 27.9. The number of quaternary nitrogens is 1. The van der Waals surface area contributed by atoms with Crippen LogP contribution in [0.1, 0.15) is 116 Å². The first-order valence-electron chi connectivity index (χ1n) is 16.9. The lowest BCUT2D eigenvalue weighted by Gasteiger charge is -2.35. The Hall–Kier alpha value is -1.21. The molecule has 0 aliphatic carbocycles. The van der Waals surface area contributed by atoms with Crippen molar-refractivity contribution in [2.45, 2.75) is 134 Å². The third-order valence-electron chi connectivity index (χ3n) is 7.21. The minimum absolute atomic E-state index is 0.00496. The van der Waals surface area contributed by atoms with Crippen LogP contribution in [0.4, 0.5) is 0 Å². The maximum absolute atomic E-state index is 13.0. The number of ether oxygens (including phenoxy) is 1. The van der Waals surface area contributed by atoms with Crippen molar-refractivity contribution in [2.24, 2.45) is 11.5 Å². The van der Waals surface area contributed by atoms with Crippen molar-refractivity contribution >= 4 is 19.6 Å². The summed E-state index contributed by atoms with van der Waals surface area (Å²) in [6.45, 7) is 0.911. The van der Waals surface area contributed by atoms with Gasteiger partial charge in [0.2, 0.25) is 5.78 Å². The number of hydrogen-bond acceptors (Lipinski definition) is 10. The number of hydrogen-bond donors (Lipinski definition) is 5. The topological polar surface area (TPSA) is 192 Å². The van der Waals surface area contributed by atoms with Crippen molar-refractivity contribution in [1.29, 1.82) is 0 Å². The van der Waals surface area contributed by atoms with E-state index in [-0.39, 0.29) is 17.3 Å². The number of rotatable bonds is 30. The molecule has 4 unspecified atom stereocenters. The van der Waals surface area contributed by atoms with E-state index in [1.807, 2.05) is 0 Å². The smallest absolute Gasteiger partial charge is 0.457 e. The standard InChI is InChI=1S/C32H64N3O9P/c1-5-6-7-8-9-10-11-12-13-14-15-16-17-18-19-23-30(37)43-28(25-36)26-42-45(40,41)44-32(39,27-35(2,3)4)31(38)29(34)22-20-21-24-33/h12-13,28-29,36,39H,5-11,14-27,33-34H2,1-4H3/p+1/b13-12-. The van der Waals surface area contributed by atoms with Gasteiger partial charge in [0.25, 0.3) is 5.79 Å². The second-order valence-electron chi connectivity index (χ2n) is 13.0. The molecule has 0 spiro atoms. The molecule has 0 bridgehead atoms. The van der Waals surface area contributed by atoms with Gasteiger partial charge in [-0.1, -0.05) is 76.9 Å². The minimum atomic E-state index is -5.05. The van der Waals surface area contributed by atoms with E-state index >= 15 is 0 Å². The number of ketones is 1. The number of unbranched alkanes of at least 4 members (excludes halogenated alkanes) is 12. The molecule has 0 radical (unpaired) electrons. The lowest BCUT2D eigenvalue weighted by atomic mass is 9.99. The molecule has 7 N–H and O–H groups in total. The summed E-state index contributed by atoms with van der Waals surface area (Å²) in [4.78, 5) is 35.6. The van der Waals surface area contributed by atoms with Gasteiger partial charge in [-0.15, -0.1) is 0 Å². The highest BCUT2D eigenvalue weighted by atomic mass is 31.2. The average molecular weight is 667 g/mol. The molecule has 0 amide bonds. The lowest BCUT2D eigenvalue weighted by molar-refractivity contribution is -0.878. The van der Waals surface area contributed by atoms with E-state index in [1.165, 1.54) is 38.5 Å². The molecule has 12 nitrogen and oxygen atoms in total. The van der Waals surface area contributed by atoms with Crippen molar-refractivity contribution in [3.63, 3.8) is 0 Å². The molecular weight excluding hydrogens is 601 g/mol. The van der Waals surface area contributed by atoms with E-state index in [9.17, 15) is 29.3 Å². The van der Waals surface area contributed by atoms with Gasteiger partial charge < -0.3 is 35.8 Å². The summed E-state index contributed by atoms with van der Waals surface area (Å²) >= 11 is 0. The van der Waals surface area contributed by atoms with E-state index in [0.29, 0.717) is 25.8 Å². The highest BCUT2D eigenvalue weighted by Crippen LogP contribution is 2.47. The molecule has 0 heterocycles. The van der Waals surface area contributed by atoms with Gasteiger partial charge in [-0.2, -0.15) is 0 Å². The number of nitrogens with two attached hydrogens (primary N) is 2. The fourth-order valence-corrected chi connectivity index (χ4v) is 5.76. The second kappa shape index (κ2) is 24.9. The van der Waals surface area contributed by atoms with Crippen LogP contribution in [0, 0.1) is 0 Å². The van der Waals surface area contributed by atoms with E-state index in [4.69, 9.17) is 25.3 Å². The predicted octanol–water partition coefficient (Wildman–Crippen LogP) is 4.48. The summed E-state index contributed by atoms with van der Waals surface area (Å²) in [7, 11) is -0.0887. The molecule has 0 aromatic carbocycles. The third-order valence-corrected chi connectivity index (χ3v) is 8.22. The largest absolute Gasteiger partial charge is 0.475 e. The van der Waals surface area contributed by atoms with Gasteiger partial charge in [-0.25, -0.2) is 9.09 Å². The summed E-state index contributed by atoms with van der Waals surface area (Å²) in [5.41, 5.74) is 11.4. The molecular formula is C32H65N3O9P+. The lowest BCUT2D eigenvalue weighted by Crippen LogP contribution is -2.59. The Morgan fingerprint density at radius 1 is 0.911 bits per heavy atom. The first kappa shape index (κ1) is 43.8. The highest BCUT2D eigenvalue weighted by molar-refractivity contribution is 7.47. The van der Waals surface area contributed by atoms with Gasteiger partial charge in [-0.05, 0) is 51.5 Å². The Morgan fingerprint density at radius 2 is 1.47 bits per heavy atom. The van der Waals surface area contributed by atoms with Gasteiger partial charge in [0.1, 0.15) is 12.6 Å². The first-order chi connectivity index (χ1) is 21.2. The molecule has 45 heavy (non-hydrogen) atoms. The molecule has 0 saturated heterocycles. The van der Waals surface area contributed by atoms with Gasteiger partial charge >= 0.3 is 13.8 Å². The van der Waals surface area contributed by atoms with Crippen LogP contribution in [-0.2, 0) is 27.9 Å². The van der Waals surface area contributed by atoms with E-state index in [2.05, 4.69) is 19.1 Å². The van der Waals surface area contributed by atoms with Crippen LogP contribution >= 0.6 is 7.82 Å². The molecule has 0 aliphatic heterocycles. The number of aliphatic hydroxyl groups excluding tert-OH is 1. The normalized spacial score (nSPS) is 16.3. The number of Topliss-reactive ketones (excluding diaryl/α,β-unsaturated/α-hetero) is 1. The number of aliphatic hydroxyl groups is 2. The van der Waals surface area contributed by atoms with Crippen LogP contribution in [0.5, 0.6) is 0 Å². The van der Waals surface area contributed by atoms with E-state index in [1.54, 1.807) is 21.1 Å². The summed E-state index contributed by atoms with van der Waals surface area (Å²) in [6.07, 6.45) is 19.6. The van der Waals surface area contributed by atoms with Gasteiger partial charge in [0.05, 0.1) is 40.4 Å². The molecule has 0 aromatic heterocycles. The Morgan fingerprint density at radius 3 is 2.00 bits per heavy atom. The monoisotopic (exact) mass is 666 g/mol. The molecule has 13 heteroatoms. The Bertz CT molecular complexity index is 869. The quantitative estimate of drug-likeness (QED) is 0.0181. The number of carbonyl (C=O) groups excluding carboxylic acids is 2. The zero-order valence-corrected chi connectivity index (χ0v) is 29.4. The molecule has 4 atom stereocenters. The first-order valence-corrected chi connectivity index (χ1v) is 18.4. The molecule has 0 saturated carbocycles. The molecule has 0 rings (SSSR count). The van der Waals surface area contributed by atoms with Crippen LogP contribution < -0.4 is 11.5 Å². The maximum atomic E-state index is 13.0. The average Bonchev–Trinajstić information content (AvgIpc) is 2.95. The summed E-state index contributed by atoms with van der Waals surface area (Å²) in [5, 5.41) is 20.7. The zero-order chi connectivity index (χ0) is 34.2. The van der Waals surface area contributed by atoms with E-state index < -0.39 is 57.3 Å². The number of esters is 1. The molecule has 0 aromatic rings.